The summed E-state index contributed by atoms with van der Waals surface area (Å²) in [5.74, 6) is 1.24. The summed E-state index contributed by atoms with van der Waals surface area (Å²) in [6.07, 6.45) is 1.65. The van der Waals surface area contributed by atoms with Crippen LogP contribution in [0.2, 0.25) is 0 Å². The van der Waals surface area contributed by atoms with Crippen molar-refractivity contribution < 1.29 is 4.79 Å². The molecule has 1 aliphatic heterocycles. The highest BCUT2D eigenvalue weighted by atomic mass is 32.1. The molecule has 0 atom stereocenters. The number of carbonyl (C=O) groups is 1. The predicted octanol–water partition coefficient (Wildman–Crippen LogP) is 0.267. The maximum Gasteiger partial charge on any atom is 0.280 e. The Morgan fingerprint density at radius 3 is 2.96 bits per heavy atom. The summed E-state index contributed by atoms with van der Waals surface area (Å²) in [5, 5.41) is 12.9. The van der Waals surface area contributed by atoms with Gasteiger partial charge in [0.2, 0.25) is 0 Å². The van der Waals surface area contributed by atoms with Crippen molar-refractivity contribution in [3.63, 3.8) is 0 Å². The lowest BCUT2D eigenvalue weighted by Crippen LogP contribution is -2.43. The molecule has 0 aliphatic carbocycles. The van der Waals surface area contributed by atoms with Crippen molar-refractivity contribution in [1.82, 2.24) is 35.3 Å². The quantitative estimate of drug-likeness (QED) is 0.815. The van der Waals surface area contributed by atoms with Gasteiger partial charge in [0.15, 0.2) is 16.6 Å². The molecule has 3 rings (SSSR count). The Kier molecular flexibility index (Phi) is 4.99. The minimum Gasteiger partial charge on any atom is -0.348 e. The molecule has 0 bridgehead atoms. The van der Waals surface area contributed by atoms with Gasteiger partial charge in [0.25, 0.3) is 5.91 Å². The van der Waals surface area contributed by atoms with Gasteiger partial charge >= 0.3 is 0 Å². The zero-order valence-electron chi connectivity index (χ0n) is 13.3. The molecule has 2 N–H and O–H groups in total. The Hall–Kier alpha value is -1.84. The van der Waals surface area contributed by atoms with Gasteiger partial charge in [-0.2, -0.15) is 0 Å². The van der Waals surface area contributed by atoms with Crippen LogP contribution in [0, 0.1) is 0 Å². The maximum atomic E-state index is 11.9. The van der Waals surface area contributed by atoms with E-state index in [9.17, 15) is 4.79 Å². The summed E-state index contributed by atoms with van der Waals surface area (Å²) in [6.45, 7) is 8.59. The average molecular weight is 335 g/mol. The number of rotatable bonds is 5. The molecule has 9 heteroatoms. The molecule has 0 aromatic carbocycles. The number of piperazine rings is 1. The Balaban J connectivity index is 1.65. The van der Waals surface area contributed by atoms with Crippen LogP contribution >= 0.6 is 11.3 Å². The van der Waals surface area contributed by atoms with Crippen LogP contribution in [0.3, 0.4) is 0 Å². The number of amides is 1. The van der Waals surface area contributed by atoms with Crippen molar-refractivity contribution in [3.8, 4) is 5.82 Å². The number of hydrogen-bond donors (Lipinski definition) is 2. The topological polar surface area (TPSA) is 88.0 Å². The predicted molar refractivity (Wildman–Crippen MR) is 87.8 cm³/mol. The van der Waals surface area contributed by atoms with Gasteiger partial charge < -0.3 is 10.6 Å². The molecule has 2 aromatic heterocycles. The van der Waals surface area contributed by atoms with Crippen molar-refractivity contribution >= 4 is 17.2 Å². The summed E-state index contributed by atoms with van der Waals surface area (Å²) in [4.78, 5) is 22.9. The van der Waals surface area contributed by atoms with Crippen LogP contribution in [0.4, 0.5) is 0 Å². The van der Waals surface area contributed by atoms with Gasteiger partial charge in [0, 0.05) is 37.6 Å². The van der Waals surface area contributed by atoms with E-state index in [0.717, 1.165) is 38.5 Å². The summed E-state index contributed by atoms with van der Waals surface area (Å²) < 4.78 is 1.63. The smallest absolute Gasteiger partial charge is 0.280 e. The first-order valence-corrected chi connectivity index (χ1v) is 8.60. The fourth-order valence-electron chi connectivity index (χ4n) is 2.35. The number of hydrogen-bond acceptors (Lipinski definition) is 7. The third kappa shape index (κ3) is 4.12. The van der Waals surface area contributed by atoms with Gasteiger partial charge in [-0.05, 0) is 13.8 Å². The maximum absolute atomic E-state index is 11.9. The molecule has 0 radical (unpaired) electrons. The molecule has 1 aliphatic rings. The molecule has 23 heavy (non-hydrogen) atoms. The van der Waals surface area contributed by atoms with E-state index in [1.54, 1.807) is 11.0 Å². The fraction of sp³-hybridized carbons (Fsp3) is 0.571. The van der Waals surface area contributed by atoms with Crippen LogP contribution in [-0.4, -0.2) is 62.8 Å². The van der Waals surface area contributed by atoms with Crippen molar-refractivity contribution in [2.24, 2.45) is 0 Å². The summed E-state index contributed by atoms with van der Waals surface area (Å²) in [6, 6.07) is 0.0897. The highest BCUT2D eigenvalue weighted by Crippen LogP contribution is 2.13. The van der Waals surface area contributed by atoms with E-state index in [0.29, 0.717) is 10.8 Å². The van der Waals surface area contributed by atoms with Gasteiger partial charge in [0.05, 0.1) is 6.54 Å². The van der Waals surface area contributed by atoms with E-state index >= 15 is 0 Å². The second-order valence-corrected chi connectivity index (χ2v) is 6.63. The average Bonchev–Trinajstić information content (AvgIpc) is 3.16. The van der Waals surface area contributed by atoms with E-state index in [1.807, 2.05) is 19.2 Å². The molecule has 0 saturated carbocycles. The van der Waals surface area contributed by atoms with E-state index in [2.05, 4.69) is 30.6 Å². The van der Waals surface area contributed by atoms with Crippen LogP contribution < -0.4 is 10.6 Å². The number of nitrogens with one attached hydrogen (secondary N) is 2. The largest absolute Gasteiger partial charge is 0.348 e. The fourth-order valence-corrected chi connectivity index (χ4v) is 3.04. The van der Waals surface area contributed by atoms with Crippen LogP contribution in [0.1, 0.15) is 29.5 Å². The normalized spacial score (nSPS) is 16.0. The van der Waals surface area contributed by atoms with E-state index in [1.165, 1.54) is 11.3 Å². The second kappa shape index (κ2) is 7.16. The number of nitrogens with zero attached hydrogens (tertiary/aromatic N) is 5. The SMILES string of the molecule is CC(C)NC(=O)c1nc(-n2cnc(CN3CCNCC3)n2)cs1. The Labute approximate surface area is 138 Å². The summed E-state index contributed by atoms with van der Waals surface area (Å²) in [5.41, 5.74) is 0. The molecule has 0 unspecified atom stereocenters. The first-order chi connectivity index (χ1) is 11.1. The second-order valence-electron chi connectivity index (χ2n) is 5.77. The van der Waals surface area contributed by atoms with E-state index in [-0.39, 0.29) is 11.9 Å². The number of carbonyl (C=O) groups excluding carboxylic acids is 1. The van der Waals surface area contributed by atoms with Crippen molar-refractivity contribution in [2.45, 2.75) is 26.4 Å². The molecule has 2 aromatic rings. The molecule has 1 fully saturated rings. The van der Waals surface area contributed by atoms with Crippen LogP contribution in [0.15, 0.2) is 11.7 Å². The standard InChI is InChI=1S/C14H21N7OS/c1-10(2)17-13(22)14-18-12(8-23-14)21-9-16-11(19-21)7-20-5-3-15-4-6-20/h8-10,15H,3-7H2,1-2H3,(H,17,22). The van der Waals surface area contributed by atoms with Crippen LogP contribution in [0.5, 0.6) is 0 Å². The molecule has 3 heterocycles. The Morgan fingerprint density at radius 1 is 1.43 bits per heavy atom. The molecular weight excluding hydrogens is 314 g/mol. The third-order valence-corrected chi connectivity index (χ3v) is 4.28. The van der Waals surface area contributed by atoms with Crippen molar-refractivity contribution in [3.05, 3.63) is 22.5 Å². The van der Waals surface area contributed by atoms with E-state index in [4.69, 9.17) is 0 Å². The van der Waals surface area contributed by atoms with Crippen LogP contribution in [-0.2, 0) is 6.54 Å². The van der Waals surface area contributed by atoms with Gasteiger partial charge in [-0.1, -0.05) is 0 Å². The first kappa shape index (κ1) is 16.0. The lowest BCUT2D eigenvalue weighted by Gasteiger charge is -2.25. The molecule has 124 valence electrons. The lowest BCUT2D eigenvalue weighted by molar-refractivity contribution is 0.0942. The minimum absolute atomic E-state index is 0.0897. The Bertz CT molecular complexity index is 660. The van der Waals surface area contributed by atoms with Gasteiger partial charge in [-0.15, -0.1) is 16.4 Å². The first-order valence-electron chi connectivity index (χ1n) is 7.72. The highest BCUT2D eigenvalue weighted by Gasteiger charge is 2.15. The number of thiazole rings is 1. The zero-order valence-corrected chi connectivity index (χ0v) is 14.1. The van der Waals surface area contributed by atoms with Gasteiger partial charge in [-0.3, -0.25) is 9.69 Å². The highest BCUT2D eigenvalue weighted by molar-refractivity contribution is 7.11. The monoisotopic (exact) mass is 335 g/mol. The zero-order chi connectivity index (χ0) is 16.2. The van der Waals surface area contributed by atoms with Gasteiger partial charge in [0.1, 0.15) is 6.33 Å². The minimum atomic E-state index is -0.155. The summed E-state index contributed by atoms with van der Waals surface area (Å²) >= 11 is 1.31. The van der Waals surface area contributed by atoms with Crippen LogP contribution in [0.25, 0.3) is 5.82 Å². The summed E-state index contributed by atoms with van der Waals surface area (Å²) in [7, 11) is 0. The number of aromatic nitrogens is 4. The lowest BCUT2D eigenvalue weighted by atomic mass is 10.3. The molecular formula is C14H21N7OS. The third-order valence-electron chi connectivity index (χ3n) is 3.45. The molecule has 1 amide bonds. The Morgan fingerprint density at radius 2 is 2.22 bits per heavy atom. The van der Waals surface area contributed by atoms with Gasteiger partial charge in [-0.25, -0.2) is 14.6 Å². The molecule has 8 nitrogen and oxygen atoms in total. The van der Waals surface area contributed by atoms with Crippen molar-refractivity contribution in [1.29, 1.82) is 0 Å². The van der Waals surface area contributed by atoms with E-state index < -0.39 is 0 Å². The molecule has 1 saturated heterocycles. The van der Waals surface area contributed by atoms with Crippen molar-refractivity contribution in [2.75, 3.05) is 26.2 Å². The molecule has 0 spiro atoms.